The summed E-state index contributed by atoms with van der Waals surface area (Å²) < 4.78 is 0.879. The standard InChI is InChI=1S/2C17H15.2CH3.2ClH.H2Si.Ti/c2*1-12-7-8-16(9-13(12)2)17-10-14-5-3-4-6-15(14)11-17;;;;;;/h2*3-11H,1-2H3;2*1H3;2*1H;1H2;. The number of halogens is 2. The van der Waals surface area contributed by atoms with Crippen LogP contribution in [0.2, 0.25) is 10.5 Å². The second kappa shape index (κ2) is 10.9. The third-order valence-corrected chi connectivity index (χ3v) is 20.7. The number of benzene rings is 4. The summed E-state index contributed by atoms with van der Waals surface area (Å²) in [6.07, 6.45) is 5.02. The molecule has 2 atom stereocenters. The number of aryl methyl sites for hydroxylation is 4. The predicted octanol–water partition coefficient (Wildman–Crippen LogP) is 9.99. The van der Waals surface area contributed by atoms with E-state index in [-0.39, 0.29) is 24.8 Å². The van der Waals surface area contributed by atoms with E-state index in [1.807, 2.05) is 0 Å². The summed E-state index contributed by atoms with van der Waals surface area (Å²) in [6, 6.07) is 32.6. The van der Waals surface area contributed by atoms with Gasteiger partial charge in [-0.15, -0.1) is 24.8 Å². The van der Waals surface area contributed by atoms with Gasteiger partial charge in [0.2, 0.25) is 0 Å². The van der Waals surface area contributed by atoms with Gasteiger partial charge in [0.25, 0.3) is 0 Å². The second-order valence-electron chi connectivity index (χ2n) is 12.9. The molecule has 2 aliphatic carbocycles. The van der Waals surface area contributed by atoms with Crippen molar-refractivity contribution in [1.29, 1.82) is 0 Å². The van der Waals surface area contributed by atoms with Gasteiger partial charge in [0.1, 0.15) is 0 Å². The van der Waals surface area contributed by atoms with Gasteiger partial charge in [-0.25, -0.2) is 0 Å². The SMILES string of the molecule is Cc1ccc(C2=Cc3ccccc3[CH]2[Ti]([CH3])([CH3])(=[SiH2])[CH]2C(c3ccc(C)c(C)c3)=Cc3ccccc32)cc1C.Cl.Cl. The molecule has 0 aliphatic heterocycles. The normalized spacial score (nSPS) is 17.7. The number of rotatable bonds is 4. The summed E-state index contributed by atoms with van der Waals surface area (Å²) in [4.78, 5) is 0. The molecule has 4 aromatic carbocycles. The van der Waals surface area contributed by atoms with Crippen LogP contribution in [0.15, 0.2) is 84.9 Å². The second-order valence-corrected chi connectivity index (χ2v) is 33.0. The van der Waals surface area contributed by atoms with Crippen LogP contribution in [0.5, 0.6) is 0 Å². The largest absolute Gasteiger partial charge is 0.147 e. The third kappa shape index (κ3) is 4.95. The van der Waals surface area contributed by atoms with E-state index in [0.717, 1.165) is 0 Å². The minimum atomic E-state index is -3.45. The quantitative estimate of drug-likeness (QED) is 0.200. The Labute approximate surface area is 255 Å². The van der Waals surface area contributed by atoms with Gasteiger partial charge in [0, 0.05) is 0 Å². The Morgan fingerprint density at radius 3 is 1.27 bits per heavy atom. The number of hydrogen-bond acceptors (Lipinski definition) is 0. The van der Waals surface area contributed by atoms with E-state index in [1.165, 1.54) is 66.8 Å². The molecule has 2 aliphatic rings. The van der Waals surface area contributed by atoms with Gasteiger partial charge >= 0.3 is 232 Å². The van der Waals surface area contributed by atoms with Crippen LogP contribution < -0.4 is 0 Å². The molecule has 0 amide bonds. The summed E-state index contributed by atoms with van der Waals surface area (Å²) in [5.74, 6) is 0. The van der Waals surface area contributed by atoms with Crippen molar-refractivity contribution < 1.29 is 14.0 Å². The fourth-order valence-electron chi connectivity index (χ4n) is 7.20. The van der Waals surface area contributed by atoms with Crippen molar-refractivity contribution in [2.45, 2.75) is 46.6 Å². The summed E-state index contributed by atoms with van der Waals surface area (Å²) in [5, 5.41) is 5.44. The summed E-state index contributed by atoms with van der Waals surface area (Å²) in [5.41, 5.74) is 17.2. The van der Waals surface area contributed by atoms with E-state index in [1.54, 1.807) is 0 Å². The Balaban J connectivity index is 0.00000185. The molecule has 0 saturated heterocycles. The van der Waals surface area contributed by atoms with Crippen LogP contribution in [0.3, 0.4) is 0 Å². The predicted molar refractivity (Wildman–Crippen MR) is 181 cm³/mol. The van der Waals surface area contributed by atoms with Crippen molar-refractivity contribution in [2.24, 2.45) is 0 Å². The minimum absolute atomic E-state index is 0. The van der Waals surface area contributed by atoms with Crippen molar-refractivity contribution in [3.63, 3.8) is 0 Å². The van der Waals surface area contributed by atoms with Gasteiger partial charge in [-0.05, 0) is 0 Å². The maximum Gasteiger partial charge on any atom is -0.147 e. The number of hydrogen-bond donors (Lipinski definition) is 0. The zero-order chi connectivity index (χ0) is 26.8. The molecular formula is C36H40Cl2SiTi. The van der Waals surface area contributed by atoms with Crippen LogP contribution in [0.1, 0.15) is 64.1 Å². The Morgan fingerprint density at radius 2 is 0.900 bits per heavy atom. The molecule has 206 valence electrons. The van der Waals surface area contributed by atoms with Crippen molar-refractivity contribution >= 4 is 55.7 Å². The maximum atomic E-state index is 2.72. The summed E-state index contributed by atoms with van der Waals surface area (Å²) >= 11 is -3.45. The van der Waals surface area contributed by atoms with Gasteiger partial charge in [-0.2, -0.15) is 0 Å². The zero-order valence-corrected chi connectivity index (χ0v) is 29.0. The smallest absolute Gasteiger partial charge is 0.147 e. The zero-order valence-electron chi connectivity index (χ0n) is 24.4. The van der Waals surface area contributed by atoms with Crippen LogP contribution in [-0.2, 0) is 14.0 Å². The average molecular weight is 620 g/mol. The molecule has 2 unspecified atom stereocenters. The molecule has 0 N–H and O–H groups in total. The number of allylic oxidation sites excluding steroid dienone is 2. The van der Waals surface area contributed by atoms with E-state index in [0.29, 0.717) is 8.45 Å². The molecule has 6 rings (SSSR count). The van der Waals surface area contributed by atoms with Crippen molar-refractivity contribution in [2.75, 3.05) is 0 Å². The maximum absolute atomic E-state index is 3.45. The Bertz CT molecular complexity index is 1630. The van der Waals surface area contributed by atoms with Gasteiger partial charge < -0.3 is 0 Å². The van der Waals surface area contributed by atoms with Crippen LogP contribution in [0, 0.1) is 27.7 Å². The molecular weight excluding hydrogens is 579 g/mol. The first kappa shape index (κ1) is 30.8. The van der Waals surface area contributed by atoms with E-state index in [9.17, 15) is 0 Å². The number of fused-ring (bicyclic) bond motifs is 2. The van der Waals surface area contributed by atoms with Gasteiger partial charge in [0.15, 0.2) is 0 Å². The molecule has 4 heteroatoms. The van der Waals surface area contributed by atoms with E-state index in [4.69, 9.17) is 0 Å². The molecule has 0 fully saturated rings. The van der Waals surface area contributed by atoms with E-state index >= 15 is 0 Å². The molecule has 0 bridgehead atoms. The first-order valence-corrected chi connectivity index (χ1v) is 22.8. The fraction of sp³-hybridized carbons (Fsp3) is 0.222. The summed E-state index contributed by atoms with van der Waals surface area (Å²) in [7, 11) is 2.41. The Morgan fingerprint density at radius 1 is 0.525 bits per heavy atom. The monoisotopic (exact) mass is 618 g/mol. The third-order valence-electron chi connectivity index (χ3n) is 9.43. The van der Waals surface area contributed by atoms with Gasteiger partial charge in [-0.1, -0.05) is 0 Å². The summed E-state index contributed by atoms with van der Waals surface area (Å²) in [6.45, 7) is 8.94. The van der Waals surface area contributed by atoms with E-state index < -0.39 is 14.0 Å². The molecule has 4 aromatic rings. The molecule has 0 heterocycles. The van der Waals surface area contributed by atoms with Crippen LogP contribution in [0.4, 0.5) is 0 Å². The molecule has 0 aromatic heterocycles. The van der Waals surface area contributed by atoms with Gasteiger partial charge in [-0.3, -0.25) is 0 Å². The molecule has 0 radical (unpaired) electrons. The van der Waals surface area contributed by atoms with Crippen LogP contribution >= 0.6 is 24.8 Å². The molecule has 0 nitrogen and oxygen atoms in total. The van der Waals surface area contributed by atoms with Gasteiger partial charge in [0.05, 0.1) is 0 Å². The molecule has 0 saturated carbocycles. The average Bonchev–Trinajstić information content (AvgIpc) is 3.48. The topological polar surface area (TPSA) is 0 Å². The minimum Gasteiger partial charge on any atom is -0.147 e. The van der Waals surface area contributed by atoms with Crippen molar-refractivity contribution in [3.05, 3.63) is 141 Å². The van der Waals surface area contributed by atoms with Crippen LogP contribution in [0.25, 0.3) is 23.3 Å². The van der Waals surface area contributed by atoms with Crippen molar-refractivity contribution in [1.82, 2.24) is 0 Å². The Hall–Kier alpha value is -2.13. The van der Waals surface area contributed by atoms with Crippen LogP contribution in [-0.4, -0.2) is 7.63 Å². The first-order valence-electron chi connectivity index (χ1n) is 13.9. The van der Waals surface area contributed by atoms with Crippen molar-refractivity contribution in [3.8, 4) is 0 Å². The fourth-order valence-corrected chi connectivity index (χ4v) is 19.3. The molecule has 0 spiro atoms. The molecule has 40 heavy (non-hydrogen) atoms. The van der Waals surface area contributed by atoms with E-state index in [2.05, 4.69) is 143 Å². The first-order chi connectivity index (χ1) is 18.0. The Kier molecular flexibility index (Phi) is 8.43.